The lowest BCUT2D eigenvalue weighted by Gasteiger charge is -2.36. The smallest absolute Gasteiger partial charge is 0.0587 e. The molecule has 1 N–H and O–H groups in total. The number of nitrogens with zero attached hydrogens (tertiary/aromatic N) is 1. The van der Waals surface area contributed by atoms with Crippen LogP contribution in [0, 0.1) is 0 Å². The molecule has 0 saturated carbocycles. The zero-order valence-electron chi connectivity index (χ0n) is 12.1. The van der Waals surface area contributed by atoms with Crippen LogP contribution in [0.2, 0.25) is 0 Å². The van der Waals surface area contributed by atoms with Gasteiger partial charge in [0, 0.05) is 40.0 Å². The van der Waals surface area contributed by atoms with Gasteiger partial charge in [0.05, 0.1) is 6.61 Å². The van der Waals surface area contributed by atoms with Crippen LogP contribution < -0.4 is 5.32 Å². The molecule has 0 aromatic carbocycles. The monoisotopic (exact) mass is 258 g/mol. The van der Waals surface area contributed by atoms with Crippen molar-refractivity contribution >= 4 is 0 Å². The quantitative estimate of drug-likeness (QED) is 0.602. The van der Waals surface area contributed by atoms with Crippen molar-refractivity contribution in [2.45, 2.75) is 38.1 Å². The molecular formula is C14H30N2O2. The van der Waals surface area contributed by atoms with Gasteiger partial charge in [-0.2, -0.15) is 0 Å². The summed E-state index contributed by atoms with van der Waals surface area (Å²) in [4.78, 5) is 2.65. The number of hydrogen-bond donors (Lipinski definition) is 1. The van der Waals surface area contributed by atoms with E-state index >= 15 is 0 Å². The maximum atomic E-state index is 5.11. The second kappa shape index (κ2) is 10.7. The lowest BCUT2D eigenvalue weighted by molar-refractivity contribution is 0.130. The number of methoxy groups -OCH3 is 2. The molecule has 0 spiro atoms. The Morgan fingerprint density at radius 3 is 2.72 bits per heavy atom. The van der Waals surface area contributed by atoms with Crippen LogP contribution in [-0.2, 0) is 9.47 Å². The van der Waals surface area contributed by atoms with E-state index in [0.717, 1.165) is 32.3 Å². The summed E-state index contributed by atoms with van der Waals surface area (Å²) in [5.74, 6) is 0. The first kappa shape index (κ1) is 15.9. The van der Waals surface area contributed by atoms with Gasteiger partial charge in [-0.1, -0.05) is 6.42 Å². The third-order valence-electron chi connectivity index (χ3n) is 3.66. The summed E-state index contributed by atoms with van der Waals surface area (Å²) in [5, 5.41) is 3.50. The Balaban J connectivity index is 2.15. The van der Waals surface area contributed by atoms with Gasteiger partial charge in [-0.15, -0.1) is 0 Å². The largest absolute Gasteiger partial charge is 0.385 e. The SMILES string of the molecule is COCCCCN1CCCCC1CNCCOC. The zero-order chi connectivity index (χ0) is 13.1. The van der Waals surface area contributed by atoms with E-state index in [4.69, 9.17) is 9.47 Å². The Morgan fingerprint density at radius 2 is 1.94 bits per heavy atom. The fourth-order valence-corrected chi connectivity index (χ4v) is 2.59. The molecule has 1 rings (SSSR count). The van der Waals surface area contributed by atoms with Crippen LogP contribution in [-0.4, -0.2) is 64.6 Å². The minimum absolute atomic E-state index is 0.721. The average Bonchev–Trinajstić information content (AvgIpc) is 2.41. The van der Waals surface area contributed by atoms with Crippen LogP contribution >= 0.6 is 0 Å². The molecule has 0 radical (unpaired) electrons. The van der Waals surface area contributed by atoms with Crippen LogP contribution in [0.25, 0.3) is 0 Å². The van der Waals surface area contributed by atoms with Crippen molar-refractivity contribution in [3.8, 4) is 0 Å². The lowest BCUT2D eigenvalue weighted by Crippen LogP contribution is -2.46. The number of nitrogens with one attached hydrogen (secondary N) is 1. The first-order valence-electron chi connectivity index (χ1n) is 7.31. The summed E-state index contributed by atoms with van der Waals surface area (Å²) >= 11 is 0. The number of piperidine rings is 1. The molecule has 1 heterocycles. The molecule has 0 aromatic heterocycles. The van der Waals surface area contributed by atoms with E-state index < -0.39 is 0 Å². The van der Waals surface area contributed by atoms with Crippen molar-refractivity contribution in [3.63, 3.8) is 0 Å². The molecule has 18 heavy (non-hydrogen) atoms. The molecule has 1 unspecified atom stereocenters. The number of likely N-dealkylation sites (tertiary alicyclic amines) is 1. The van der Waals surface area contributed by atoms with Crippen molar-refractivity contribution in [2.24, 2.45) is 0 Å². The summed E-state index contributed by atoms with van der Waals surface area (Å²) in [7, 11) is 3.54. The van der Waals surface area contributed by atoms with E-state index in [9.17, 15) is 0 Å². The highest BCUT2D eigenvalue weighted by atomic mass is 16.5. The standard InChI is InChI=1S/C14H30N2O2/c1-17-11-6-5-10-16-9-4-3-7-14(16)13-15-8-12-18-2/h14-15H,3-13H2,1-2H3. The summed E-state index contributed by atoms with van der Waals surface area (Å²) in [6, 6.07) is 0.721. The maximum absolute atomic E-state index is 5.11. The molecule has 4 nitrogen and oxygen atoms in total. The van der Waals surface area contributed by atoms with Gasteiger partial charge < -0.3 is 14.8 Å². The van der Waals surface area contributed by atoms with Gasteiger partial charge in [0.1, 0.15) is 0 Å². The van der Waals surface area contributed by atoms with Gasteiger partial charge in [-0.3, -0.25) is 4.90 Å². The molecule has 1 aliphatic rings. The Kier molecular flexibility index (Phi) is 9.48. The fourth-order valence-electron chi connectivity index (χ4n) is 2.59. The summed E-state index contributed by atoms with van der Waals surface area (Å²) < 4.78 is 10.2. The fraction of sp³-hybridized carbons (Fsp3) is 1.00. The Bertz CT molecular complexity index is 171. The first-order valence-corrected chi connectivity index (χ1v) is 7.31. The number of ether oxygens (including phenoxy) is 2. The highest BCUT2D eigenvalue weighted by Crippen LogP contribution is 2.16. The van der Waals surface area contributed by atoms with E-state index in [2.05, 4.69) is 10.2 Å². The average molecular weight is 258 g/mol. The summed E-state index contributed by atoms with van der Waals surface area (Å²) in [6.07, 6.45) is 6.51. The van der Waals surface area contributed by atoms with E-state index in [1.54, 1.807) is 14.2 Å². The molecule has 0 bridgehead atoms. The van der Waals surface area contributed by atoms with Gasteiger partial charge in [0.25, 0.3) is 0 Å². The molecule has 1 saturated heterocycles. The van der Waals surface area contributed by atoms with Crippen LogP contribution in [0.15, 0.2) is 0 Å². The molecule has 0 amide bonds. The second-order valence-electron chi connectivity index (χ2n) is 5.08. The summed E-state index contributed by atoms with van der Waals surface area (Å²) in [5.41, 5.74) is 0. The third kappa shape index (κ3) is 6.69. The van der Waals surface area contributed by atoms with Crippen molar-refractivity contribution < 1.29 is 9.47 Å². The van der Waals surface area contributed by atoms with Crippen LogP contribution in [0.1, 0.15) is 32.1 Å². The molecule has 0 aliphatic carbocycles. The predicted molar refractivity (Wildman–Crippen MR) is 75.1 cm³/mol. The zero-order valence-corrected chi connectivity index (χ0v) is 12.1. The van der Waals surface area contributed by atoms with Gasteiger partial charge in [0.2, 0.25) is 0 Å². The minimum atomic E-state index is 0.721. The molecule has 1 aliphatic heterocycles. The van der Waals surface area contributed by atoms with Gasteiger partial charge >= 0.3 is 0 Å². The molecular weight excluding hydrogens is 228 g/mol. The molecule has 1 atom stereocenters. The van der Waals surface area contributed by atoms with E-state index in [1.807, 2.05) is 0 Å². The Labute approximate surface area is 112 Å². The number of hydrogen-bond acceptors (Lipinski definition) is 4. The Morgan fingerprint density at radius 1 is 1.11 bits per heavy atom. The predicted octanol–water partition coefficient (Wildman–Crippen LogP) is 1.50. The highest BCUT2D eigenvalue weighted by molar-refractivity contribution is 4.78. The minimum Gasteiger partial charge on any atom is -0.385 e. The summed E-state index contributed by atoms with van der Waals surface area (Å²) in [6.45, 7) is 6.26. The highest BCUT2D eigenvalue weighted by Gasteiger charge is 2.21. The van der Waals surface area contributed by atoms with Crippen LogP contribution in [0.4, 0.5) is 0 Å². The molecule has 108 valence electrons. The van der Waals surface area contributed by atoms with Crippen LogP contribution in [0.5, 0.6) is 0 Å². The van der Waals surface area contributed by atoms with Crippen molar-refractivity contribution in [3.05, 3.63) is 0 Å². The van der Waals surface area contributed by atoms with Gasteiger partial charge in [-0.05, 0) is 38.8 Å². The molecule has 1 fully saturated rings. The van der Waals surface area contributed by atoms with E-state index in [0.29, 0.717) is 0 Å². The number of rotatable bonds is 10. The maximum Gasteiger partial charge on any atom is 0.0587 e. The van der Waals surface area contributed by atoms with Crippen molar-refractivity contribution in [2.75, 3.05) is 53.6 Å². The first-order chi connectivity index (χ1) is 8.88. The third-order valence-corrected chi connectivity index (χ3v) is 3.66. The topological polar surface area (TPSA) is 33.7 Å². The number of unbranched alkanes of at least 4 members (excludes halogenated alkanes) is 1. The normalized spacial score (nSPS) is 21.3. The van der Waals surface area contributed by atoms with Crippen molar-refractivity contribution in [1.29, 1.82) is 0 Å². The Hall–Kier alpha value is -0.160. The van der Waals surface area contributed by atoms with Gasteiger partial charge in [-0.25, -0.2) is 0 Å². The molecule has 0 aromatic rings. The van der Waals surface area contributed by atoms with E-state index in [-0.39, 0.29) is 0 Å². The van der Waals surface area contributed by atoms with E-state index in [1.165, 1.54) is 45.2 Å². The molecule has 4 heteroatoms. The van der Waals surface area contributed by atoms with Crippen LogP contribution in [0.3, 0.4) is 0 Å². The van der Waals surface area contributed by atoms with Crippen molar-refractivity contribution in [1.82, 2.24) is 10.2 Å². The second-order valence-corrected chi connectivity index (χ2v) is 5.08. The van der Waals surface area contributed by atoms with Gasteiger partial charge in [0.15, 0.2) is 0 Å². The lowest BCUT2D eigenvalue weighted by atomic mass is 10.0.